The Morgan fingerprint density at radius 3 is 2.93 bits per heavy atom. The highest BCUT2D eigenvalue weighted by Crippen LogP contribution is 2.16. The molecule has 0 radical (unpaired) electrons. The summed E-state index contributed by atoms with van der Waals surface area (Å²) in [6.45, 7) is 0. The molecule has 0 N–H and O–H groups in total. The van der Waals surface area contributed by atoms with Crippen molar-refractivity contribution in [2.24, 2.45) is 0 Å². The predicted molar refractivity (Wildman–Crippen MR) is 62.0 cm³/mol. The lowest BCUT2D eigenvalue weighted by molar-refractivity contribution is 1.28. The molecule has 2 heterocycles. The standard InChI is InChI=1S/C12H8N2S/c13-8-11(7-10-4-6-15-9-10)12-3-1-2-5-14-12/h1-7,9H/b11-7+. The first-order chi connectivity index (χ1) is 7.40. The molecule has 2 aromatic rings. The Labute approximate surface area is 92.1 Å². The van der Waals surface area contributed by atoms with E-state index in [-0.39, 0.29) is 0 Å². The minimum Gasteiger partial charge on any atom is -0.256 e. The lowest BCUT2D eigenvalue weighted by Gasteiger charge is -1.95. The fraction of sp³-hybridized carbons (Fsp3) is 0. The topological polar surface area (TPSA) is 36.7 Å². The second-order valence-electron chi connectivity index (χ2n) is 2.94. The first-order valence-electron chi connectivity index (χ1n) is 4.45. The van der Waals surface area contributed by atoms with E-state index in [2.05, 4.69) is 11.1 Å². The third-order valence-corrected chi connectivity index (χ3v) is 2.62. The zero-order valence-electron chi connectivity index (χ0n) is 7.92. The molecule has 0 saturated heterocycles. The number of rotatable bonds is 2. The molecule has 0 aromatic carbocycles. The Kier molecular flexibility index (Phi) is 2.91. The molecule has 0 spiro atoms. The molecule has 0 bridgehead atoms. The summed E-state index contributed by atoms with van der Waals surface area (Å²) in [5.74, 6) is 0. The van der Waals surface area contributed by atoms with Gasteiger partial charge < -0.3 is 0 Å². The molecule has 2 rings (SSSR count). The van der Waals surface area contributed by atoms with Crippen molar-refractivity contribution in [3.8, 4) is 6.07 Å². The van der Waals surface area contributed by atoms with Crippen LogP contribution in [0.4, 0.5) is 0 Å². The zero-order chi connectivity index (χ0) is 10.5. The Balaban J connectivity index is 2.38. The third kappa shape index (κ3) is 2.30. The Bertz CT molecular complexity index is 492. The molecule has 0 aliphatic carbocycles. The van der Waals surface area contributed by atoms with Gasteiger partial charge in [-0.25, -0.2) is 0 Å². The number of nitriles is 1. The quantitative estimate of drug-likeness (QED) is 0.717. The molecule has 15 heavy (non-hydrogen) atoms. The number of hydrogen-bond acceptors (Lipinski definition) is 3. The summed E-state index contributed by atoms with van der Waals surface area (Å²) in [4.78, 5) is 4.14. The largest absolute Gasteiger partial charge is 0.256 e. The van der Waals surface area contributed by atoms with Crippen LogP contribution >= 0.6 is 11.3 Å². The zero-order valence-corrected chi connectivity index (χ0v) is 8.74. The highest BCUT2D eigenvalue weighted by molar-refractivity contribution is 7.08. The average Bonchev–Trinajstić information content (AvgIpc) is 2.80. The fourth-order valence-corrected chi connectivity index (χ4v) is 1.83. The molecule has 2 nitrogen and oxygen atoms in total. The van der Waals surface area contributed by atoms with Gasteiger partial charge in [-0.2, -0.15) is 16.6 Å². The van der Waals surface area contributed by atoms with Gasteiger partial charge in [0.25, 0.3) is 0 Å². The molecule has 0 unspecified atom stereocenters. The summed E-state index contributed by atoms with van der Waals surface area (Å²) in [6, 6.07) is 9.68. The smallest absolute Gasteiger partial charge is 0.101 e. The van der Waals surface area contributed by atoms with Crippen molar-refractivity contribution in [3.63, 3.8) is 0 Å². The van der Waals surface area contributed by atoms with E-state index in [1.54, 1.807) is 17.5 Å². The van der Waals surface area contributed by atoms with Crippen LogP contribution in [-0.4, -0.2) is 4.98 Å². The summed E-state index contributed by atoms with van der Waals surface area (Å²) in [5, 5.41) is 13.0. The Hall–Kier alpha value is -1.92. The van der Waals surface area contributed by atoms with Crippen LogP contribution < -0.4 is 0 Å². The van der Waals surface area contributed by atoms with E-state index in [9.17, 15) is 0 Å². The van der Waals surface area contributed by atoms with E-state index in [1.165, 1.54) is 0 Å². The number of thiophene rings is 1. The van der Waals surface area contributed by atoms with Crippen LogP contribution in [0.3, 0.4) is 0 Å². The van der Waals surface area contributed by atoms with Crippen LogP contribution in [0.2, 0.25) is 0 Å². The van der Waals surface area contributed by atoms with Crippen molar-refractivity contribution in [2.45, 2.75) is 0 Å². The monoisotopic (exact) mass is 212 g/mol. The molecule has 0 fully saturated rings. The third-order valence-electron chi connectivity index (χ3n) is 1.92. The van der Waals surface area contributed by atoms with Crippen LogP contribution in [0.15, 0.2) is 41.2 Å². The van der Waals surface area contributed by atoms with Gasteiger partial charge in [0.2, 0.25) is 0 Å². The summed E-state index contributed by atoms with van der Waals surface area (Å²) in [6.07, 6.45) is 3.53. The van der Waals surface area contributed by atoms with Crippen molar-refractivity contribution in [1.82, 2.24) is 4.98 Å². The molecular weight excluding hydrogens is 204 g/mol. The minimum absolute atomic E-state index is 0.592. The van der Waals surface area contributed by atoms with E-state index in [0.717, 1.165) is 5.56 Å². The van der Waals surface area contributed by atoms with E-state index in [4.69, 9.17) is 5.26 Å². The molecular formula is C12H8N2S. The molecule has 2 aromatic heterocycles. The maximum absolute atomic E-state index is 9.02. The minimum atomic E-state index is 0.592. The highest BCUT2D eigenvalue weighted by atomic mass is 32.1. The SMILES string of the molecule is N#C/C(=C\c1ccsc1)c1ccccn1. The summed E-state index contributed by atoms with van der Waals surface area (Å²) in [5.41, 5.74) is 2.35. The van der Waals surface area contributed by atoms with Crippen molar-refractivity contribution in [2.75, 3.05) is 0 Å². The van der Waals surface area contributed by atoms with Crippen LogP contribution in [-0.2, 0) is 0 Å². The molecule has 0 aliphatic heterocycles. The first-order valence-corrected chi connectivity index (χ1v) is 5.40. The normalized spacial score (nSPS) is 11.0. The number of allylic oxidation sites excluding steroid dienone is 1. The number of nitrogens with zero attached hydrogens (tertiary/aromatic N) is 2. The molecule has 0 amide bonds. The molecule has 72 valence electrons. The first kappa shape index (κ1) is 9.63. The van der Waals surface area contributed by atoms with Gasteiger partial charge in [0.15, 0.2) is 0 Å². The van der Waals surface area contributed by atoms with Crippen LogP contribution in [0.25, 0.3) is 11.6 Å². The van der Waals surface area contributed by atoms with Gasteiger partial charge in [-0.1, -0.05) is 6.07 Å². The van der Waals surface area contributed by atoms with Crippen LogP contribution in [0, 0.1) is 11.3 Å². The van der Waals surface area contributed by atoms with E-state index in [0.29, 0.717) is 11.3 Å². The van der Waals surface area contributed by atoms with Gasteiger partial charge in [-0.15, -0.1) is 0 Å². The number of aromatic nitrogens is 1. The van der Waals surface area contributed by atoms with Gasteiger partial charge in [0.1, 0.15) is 6.07 Å². The highest BCUT2D eigenvalue weighted by Gasteiger charge is 2.00. The Morgan fingerprint density at radius 1 is 1.40 bits per heavy atom. The molecule has 0 aliphatic rings. The summed E-state index contributed by atoms with van der Waals surface area (Å²) in [7, 11) is 0. The second kappa shape index (κ2) is 4.54. The second-order valence-corrected chi connectivity index (χ2v) is 3.72. The van der Waals surface area contributed by atoms with Crippen molar-refractivity contribution < 1.29 is 0 Å². The van der Waals surface area contributed by atoms with Crippen molar-refractivity contribution in [1.29, 1.82) is 5.26 Å². The van der Waals surface area contributed by atoms with Crippen molar-refractivity contribution in [3.05, 3.63) is 52.5 Å². The molecule has 0 atom stereocenters. The Morgan fingerprint density at radius 2 is 2.33 bits per heavy atom. The van der Waals surface area contributed by atoms with Crippen LogP contribution in [0.5, 0.6) is 0 Å². The number of pyridine rings is 1. The fourth-order valence-electron chi connectivity index (χ4n) is 1.21. The summed E-state index contributed by atoms with van der Waals surface area (Å²) < 4.78 is 0. The van der Waals surface area contributed by atoms with E-state index in [1.807, 2.05) is 41.1 Å². The summed E-state index contributed by atoms with van der Waals surface area (Å²) >= 11 is 1.61. The number of hydrogen-bond donors (Lipinski definition) is 0. The van der Waals surface area contributed by atoms with Gasteiger partial charge >= 0.3 is 0 Å². The molecule has 0 saturated carbocycles. The van der Waals surface area contributed by atoms with Gasteiger partial charge in [0.05, 0.1) is 11.3 Å². The van der Waals surface area contributed by atoms with Crippen molar-refractivity contribution >= 4 is 23.0 Å². The maximum atomic E-state index is 9.02. The van der Waals surface area contributed by atoms with Crippen LogP contribution in [0.1, 0.15) is 11.3 Å². The van der Waals surface area contributed by atoms with E-state index >= 15 is 0 Å². The van der Waals surface area contributed by atoms with Gasteiger partial charge in [-0.05, 0) is 40.6 Å². The van der Waals surface area contributed by atoms with E-state index < -0.39 is 0 Å². The lowest BCUT2D eigenvalue weighted by Crippen LogP contribution is -1.84. The average molecular weight is 212 g/mol. The predicted octanol–water partition coefficient (Wildman–Crippen LogP) is 3.21. The molecule has 3 heteroatoms. The van der Waals surface area contributed by atoms with Gasteiger partial charge in [0, 0.05) is 6.20 Å². The maximum Gasteiger partial charge on any atom is 0.101 e. The van der Waals surface area contributed by atoms with Gasteiger partial charge in [-0.3, -0.25) is 4.98 Å². The lowest BCUT2D eigenvalue weighted by atomic mass is 10.1.